The smallest absolute Gasteiger partial charge is 0.368 e. The molecule has 0 saturated carbocycles. The van der Waals surface area contributed by atoms with Gasteiger partial charge in [0.25, 0.3) is 0 Å². The van der Waals surface area contributed by atoms with Crippen molar-refractivity contribution < 1.29 is 22.8 Å². The van der Waals surface area contributed by atoms with E-state index in [1.165, 1.54) is 6.07 Å². The van der Waals surface area contributed by atoms with Crippen molar-refractivity contribution in [1.29, 1.82) is 0 Å². The van der Waals surface area contributed by atoms with Crippen molar-refractivity contribution in [2.75, 3.05) is 18.0 Å². The molecule has 0 amide bonds. The molecule has 1 fully saturated rings. The topological polar surface area (TPSA) is 41.9 Å². The zero-order valence-corrected chi connectivity index (χ0v) is 14.8. The first kappa shape index (κ1) is 18.9. The summed E-state index contributed by atoms with van der Waals surface area (Å²) in [6.07, 6.45) is 3.23. The molecule has 1 aliphatic heterocycles. The molecular formula is C20H19F3N2O2. The number of carbonyl (C=O) groups is 1. The van der Waals surface area contributed by atoms with E-state index >= 15 is 0 Å². The van der Waals surface area contributed by atoms with E-state index in [0.29, 0.717) is 17.3 Å². The van der Waals surface area contributed by atoms with Crippen LogP contribution in [0.1, 0.15) is 42.1 Å². The molecule has 7 heteroatoms. The van der Waals surface area contributed by atoms with Crippen LogP contribution in [-0.4, -0.2) is 24.8 Å². The first-order valence-electron chi connectivity index (χ1n) is 8.71. The van der Waals surface area contributed by atoms with E-state index in [-0.39, 0.29) is 11.5 Å². The van der Waals surface area contributed by atoms with Gasteiger partial charge in [-0.05, 0) is 50.5 Å². The van der Waals surface area contributed by atoms with Crippen LogP contribution in [0.3, 0.4) is 0 Å². The average molecular weight is 376 g/mol. The summed E-state index contributed by atoms with van der Waals surface area (Å²) in [5.41, 5.74) is 0.812. The first-order chi connectivity index (χ1) is 13.0. The van der Waals surface area contributed by atoms with Crippen LogP contribution in [0.4, 0.5) is 18.9 Å². The predicted molar refractivity (Wildman–Crippen MR) is 96.4 cm³/mol. The van der Waals surface area contributed by atoms with Crippen LogP contribution in [0.5, 0.6) is 0 Å². The molecule has 4 nitrogen and oxygen atoms in total. The third-order valence-electron chi connectivity index (χ3n) is 4.48. The Balaban J connectivity index is 1.72. The third-order valence-corrected chi connectivity index (χ3v) is 4.48. The van der Waals surface area contributed by atoms with Crippen LogP contribution < -0.4 is 4.90 Å². The molecule has 0 N–H and O–H groups in total. The molecular weight excluding hydrogens is 357 g/mol. The molecule has 1 heterocycles. The Kier molecular flexibility index (Phi) is 5.78. The van der Waals surface area contributed by atoms with Crippen molar-refractivity contribution in [1.82, 2.24) is 0 Å². The van der Waals surface area contributed by atoms with Crippen molar-refractivity contribution >= 4 is 17.4 Å². The number of piperidine rings is 1. The number of nitrogens with zero attached hydrogens (tertiary/aromatic N) is 2. The second-order valence-corrected chi connectivity index (χ2v) is 6.39. The zero-order chi connectivity index (χ0) is 19.4. The molecule has 0 aromatic heterocycles. The monoisotopic (exact) mass is 376 g/mol. The Hall–Kier alpha value is -2.83. The Labute approximate surface area is 155 Å². The second kappa shape index (κ2) is 8.24. The van der Waals surface area contributed by atoms with Crippen LogP contribution in [0.2, 0.25) is 0 Å². The van der Waals surface area contributed by atoms with Crippen molar-refractivity contribution in [3.8, 4) is 0 Å². The van der Waals surface area contributed by atoms with Gasteiger partial charge >= 0.3 is 5.97 Å². The van der Waals surface area contributed by atoms with Crippen LogP contribution in [0.25, 0.3) is 0 Å². The maximum absolute atomic E-state index is 14.5. The van der Waals surface area contributed by atoms with Gasteiger partial charge in [-0.15, -0.1) is 0 Å². The fourth-order valence-electron chi connectivity index (χ4n) is 2.99. The predicted octanol–water partition coefficient (Wildman–Crippen LogP) is 4.68. The summed E-state index contributed by atoms with van der Waals surface area (Å²) in [5, 5.41) is 3.64. The number of carbonyl (C=O) groups excluding carboxylic acids is 1. The molecule has 3 rings (SSSR count). The lowest BCUT2D eigenvalue weighted by Crippen LogP contribution is -2.30. The fraction of sp³-hybridized carbons (Fsp3) is 0.300. The highest BCUT2D eigenvalue weighted by atomic mass is 19.1. The number of hydrogen-bond donors (Lipinski definition) is 0. The van der Waals surface area contributed by atoms with Gasteiger partial charge in [-0.25, -0.2) is 18.0 Å². The minimum atomic E-state index is -1.06. The number of halogens is 3. The van der Waals surface area contributed by atoms with E-state index in [9.17, 15) is 18.0 Å². The maximum Gasteiger partial charge on any atom is 0.368 e. The summed E-state index contributed by atoms with van der Waals surface area (Å²) in [6, 6.07) is 7.21. The van der Waals surface area contributed by atoms with Crippen LogP contribution >= 0.6 is 0 Å². The quantitative estimate of drug-likeness (QED) is 0.442. The number of oxime groups is 1. The van der Waals surface area contributed by atoms with Crippen molar-refractivity contribution in [3.63, 3.8) is 0 Å². The van der Waals surface area contributed by atoms with Gasteiger partial charge in [0.05, 0.1) is 17.0 Å². The van der Waals surface area contributed by atoms with Crippen molar-refractivity contribution in [3.05, 3.63) is 65.0 Å². The molecule has 0 unspecified atom stereocenters. The lowest BCUT2D eigenvalue weighted by atomic mass is 10.1. The van der Waals surface area contributed by atoms with Crippen molar-refractivity contribution in [2.45, 2.75) is 26.2 Å². The summed E-state index contributed by atoms with van der Waals surface area (Å²) >= 11 is 0. The normalized spacial score (nSPS) is 15.0. The molecule has 0 bridgehead atoms. The largest absolute Gasteiger partial charge is 0.369 e. The Morgan fingerprint density at radius 2 is 1.74 bits per heavy atom. The van der Waals surface area contributed by atoms with E-state index in [1.807, 2.05) is 4.90 Å². The van der Waals surface area contributed by atoms with Crippen LogP contribution in [-0.2, 0) is 4.84 Å². The van der Waals surface area contributed by atoms with E-state index in [1.54, 1.807) is 19.1 Å². The fourth-order valence-corrected chi connectivity index (χ4v) is 2.99. The Bertz CT molecular complexity index is 878. The van der Waals surface area contributed by atoms with E-state index in [0.717, 1.165) is 44.5 Å². The lowest BCUT2D eigenvalue weighted by Gasteiger charge is -2.29. The van der Waals surface area contributed by atoms with E-state index in [4.69, 9.17) is 4.84 Å². The molecule has 1 saturated heterocycles. The summed E-state index contributed by atoms with van der Waals surface area (Å²) < 4.78 is 40.9. The molecule has 0 aliphatic carbocycles. The molecule has 0 atom stereocenters. The van der Waals surface area contributed by atoms with Gasteiger partial charge in [-0.1, -0.05) is 11.2 Å². The van der Waals surface area contributed by atoms with Gasteiger partial charge in [0.2, 0.25) is 0 Å². The second-order valence-electron chi connectivity index (χ2n) is 6.39. The number of hydrogen-bond acceptors (Lipinski definition) is 4. The van der Waals surface area contributed by atoms with E-state index < -0.39 is 23.2 Å². The molecule has 142 valence electrons. The van der Waals surface area contributed by atoms with Gasteiger partial charge in [-0.2, -0.15) is 0 Å². The molecule has 27 heavy (non-hydrogen) atoms. The average Bonchev–Trinajstić information content (AvgIpc) is 2.66. The van der Waals surface area contributed by atoms with Crippen LogP contribution in [0, 0.1) is 17.5 Å². The molecule has 0 spiro atoms. The molecule has 0 radical (unpaired) electrons. The number of benzene rings is 2. The third kappa shape index (κ3) is 4.48. The first-order valence-corrected chi connectivity index (χ1v) is 8.71. The standard InChI is InChI=1S/C20H19F3N2O2/c1-13(24-27-20(26)16-7-6-15(21)12-17(16)22)14-5-8-19(18(23)11-14)25-9-3-2-4-10-25/h5-8,11-12H,2-4,9-10H2,1H3/b24-13+. The minimum Gasteiger partial charge on any atom is -0.369 e. The SMILES string of the molecule is C/C(=N\OC(=O)c1ccc(F)cc1F)c1ccc(N2CCCCC2)c(F)c1. The summed E-state index contributed by atoms with van der Waals surface area (Å²) in [7, 11) is 0. The maximum atomic E-state index is 14.5. The Morgan fingerprint density at radius 3 is 2.41 bits per heavy atom. The van der Waals surface area contributed by atoms with Gasteiger partial charge in [-0.3, -0.25) is 0 Å². The van der Waals surface area contributed by atoms with E-state index in [2.05, 4.69) is 5.16 Å². The van der Waals surface area contributed by atoms with Gasteiger partial charge in [0, 0.05) is 24.7 Å². The van der Waals surface area contributed by atoms with Gasteiger partial charge in [0.1, 0.15) is 17.5 Å². The van der Waals surface area contributed by atoms with Crippen molar-refractivity contribution in [2.24, 2.45) is 5.16 Å². The number of rotatable bonds is 4. The molecule has 1 aliphatic rings. The summed E-state index contributed by atoms with van der Waals surface area (Å²) in [5.74, 6) is -3.27. The van der Waals surface area contributed by atoms with Crippen LogP contribution in [0.15, 0.2) is 41.6 Å². The van der Waals surface area contributed by atoms with Gasteiger partial charge < -0.3 is 9.74 Å². The Morgan fingerprint density at radius 1 is 1.00 bits per heavy atom. The summed E-state index contributed by atoms with van der Waals surface area (Å²) in [6.45, 7) is 3.19. The lowest BCUT2D eigenvalue weighted by molar-refractivity contribution is 0.0511. The molecule has 2 aromatic carbocycles. The highest BCUT2D eigenvalue weighted by molar-refractivity contribution is 5.99. The highest BCUT2D eigenvalue weighted by Crippen LogP contribution is 2.24. The molecule has 2 aromatic rings. The van der Waals surface area contributed by atoms with Gasteiger partial charge in [0.15, 0.2) is 0 Å². The number of anilines is 1. The minimum absolute atomic E-state index is 0.259. The summed E-state index contributed by atoms with van der Waals surface area (Å²) in [4.78, 5) is 18.6. The zero-order valence-electron chi connectivity index (χ0n) is 14.8. The highest BCUT2D eigenvalue weighted by Gasteiger charge is 2.17.